The molecule has 19 heavy (non-hydrogen) atoms. The maximum absolute atomic E-state index is 9.99. The van der Waals surface area contributed by atoms with Gasteiger partial charge in [0.15, 0.2) is 0 Å². The number of benzene rings is 1. The Kier molecular flexibility index (Phi) is 4.02. The van der Waals surface area contributed by atoms with Gasteiger partial charge in [0, 0.05) is 18.2 Å². The number of phenolic OH excluding ortho intramolecular Hbond substituents is 1. The van der Waals surface area contributed by atoms with Crippen LogP contribution in [0.1, 0.15) is 38.8 Å². The Labute approximate surface area is 114 Å². The predicted molar refractivity (Wildman–Crippen MR) is 74.4 cm³/mol. The van der Waals surface area contributed by atoms with E-state index in [-0.39, 0.29) is 23.3 Å². The normalized spacial score (nSPS) is 19.9. The lowest BCUT2D eigenvalue weighted by Gasteiger charge is -2.23. The van der Waals surface area contributed by atoms with Crippen LogP contribution >= 0.6 is 0 Å². The maximum Gasteiger partial charge on any atom is 0.127 e. The number of ether oxygens (including phenoxy) is 1. The van der Waals surface area contributed by atoms with Crippen molar-refractivity contribution in [2.75, 3.05) is 13.2 Å². The topological polar surface area (TPSA) is 61.7 Å². The molecular weight excluding hydrogens is 242 g/mol. The summed E-state index contributed by atoms with van der Waals surface area (Å²) in [5, 5.41) is 22.7. The Balaban J connectivity index is 1.89. The van der Waals surface area contributed by atoms with Gasteiger partial charge >= 0.3 is 0 Å². The minimum atomic E-state index is -0.360. The molecule has 0 fully saturated rings. The highest BCUT2D eigenvalue weighted by molar-refractivity contribution is 5.44. The number of aliphatic hydroxyl groups is 1. The Morgan fingerprint density at radius 3 is 2.84 bits per heavy atom. The van der Waals surface area contributed by atoms with Crippen LogP contribution in [-0.2, 0) is 0 Å². The van der Waals surface area contributed by atoms with Gasteiger partial charge in [-0.15, -0.1) is 0 Å². The zero-order valence-corrected chi connectivity index (χ0v) is 11.8. The van der Waals surface area contributed by atoms with E-state index in [0.717, 1.165) is 17.7 Å². The smallest absolute Gasteiger partial charge is 0.127 e. The van der Waals surface area contributed by atoms with Crippen molar-refractivity contribution in [1.29, 1.82) is 0 Å². The largest absolute Gasteiger partial charge is 0.508 e. The third-order valence-corrected chi connectivity index (χ3v) is 3.23. The van der Waals surface area contributed by atoms with E-state index < -0.39 is 0 Å². The third kappa shape index (κ3) is 3.85. The van der Waals surface area contributed by atoms with Crippen molar-refractivity contribution in [1.82, 2.24) is 5.32 Å². The summed E-state index contributed by atoms with van der Waals surface area (Å²) in [4.78, 5) is 0. The van der Waals surface area contributed by atoms with E-state index in [9.17, 15) is 10.2 Å². The molecule has 2 unspecified atom stereocenters. The average Bonchev–Trinajstić information content (AvgIpc) is 2.66. The van der Waals surface area contributed by atoms with E-state index in [4.69, 9.17) is 4.74 Å². The standard InChI is InChI=1S/C15H23NO3/c1-15(2,3)7-11(18)8-16-13-9-19-14-6-10(17)4-5-12(13)14/h4-6,11,13,16-18H,7-9H2,1-3H3. The first-order valence-corrected chi connectivity index (χ1v) is 6.72. The predicted octanol–water partition coefficient (Wildman–Crippen LogP) is 2.21. The number of fused-ring (bicyclic) bond motifs is 1. The molecule has 0 bridgehead atoms. The number of aromatic hydroxyl groups is 1. The Morgan fingerprint density at radius 1 is 1.42 bits per heavy atom. The van der Waals surface area contributed by atoms with Crippen molar-refractivity contribution < 1.29 is 14.9 Å². The van der Waals surface area contributed by atoms with Crippen LogP contribution in [0.15, 0.2) is 18.2 Å². The van der Waals surface area contributed by atoms with E-state index >= 15 is 0 Å². The van der Waals surface area contributed by atoms with Crippen LogP contribution in [0, 0.1) is 5.41 Å². The number of aliphatic hydroxyl groups excluding tert-OH is 1. The summed E-state index contributed by atoms with van der Waals surface area (Å²) in [7, 11) is 0. The minimum absolute atomic E-state index is 0.0882. The number of phenols is 1. The van der Waals surface area contributed by atoms with Crippen molar-refractivity contribution in [3.63, 3.8) is 0 Å². The lowest BCUT2D eigenvalue weighted by molar-refractivity contribution is 0.115. The molecule has 0 aromatic heterocycles. The number of hydrogen-bond acceptors (Lipinski definition) is 4. The number of rotatable bonds is 4. The van der Waals surface area contributed by atoms with E-state index in [2.05, 4.69) is 26.1 Å². The second-order valence-corrected chi connectivity index (χ2v) is 6.41. The summed E-state index contributed by atoms with van der Waals surface area (Å²) >= 11 is 0. The molecule has 1 aromatic carbocycles. The van der Waals surface area contributed by atoms with Crippen LogP contribution in [0.5, 0.6) is 11.5 Å². The molecule has 4 nitrogen and oxygen atoms in total. The fourth-order valence-electron chi connectivity index (χ4n) is 2.43. The Morgan fingerprint density at radius 2 is 2.16 bits per heavy atom. The molecule has 2 atom stereocenters. The van der Waals surface area contributed by atoms with Gasteiger partial charge in [-0.2, -0.15) is 0 Å². The van der Waals surface area contributed by atoms with Crippen LogP contribution in [-0.4, -0.2) is 29.5 Å². The van der Waals surface area contributed by atoms with Crippen molar-refractivity contribution >= 4 is 0 Å². The Bertz CT molecular complexity index is 440. The van der Waals surface area contributed by atoms with Crippen LogP contribution in [0.4, 0.5) is 0 Å². The number of hydrogen-bond donors (Lipinski definition) is 3. The molecule has 0 aliphatic carbocycles. The van der Waals surface area contributed by atoms with Crippen LogP contribution in [0.2, 0.25) is 0 Å². The summed E-state index contributed by atoms with van der Waals surface area (Å²) in [6, 6.07) is 5.24. The molecule has 0 spiro atoms. The second-order valence-electron chi connectivity index (χ2n) is 6.41. The Hall–Kier alpha value is -1.26. The molecule has 1 aromatic rings. The van der Waals surface area contributed by atoms with Gasteiger partial charge < -0.3 is 20.3 Å². The molecule has 0 saturated carbocycles. The van der Waals surface area contributed by atoms with Gasteiger partial charge in [0.25, 0.3) is 0 Å². The van der Waals surface area contributed by atoms with E-state index in [0.29, 0.717) is 13.2 Å². The van der Waals surface area contributed by atoms with Gasteiger partial charge in [-0.25, -0.2) is 0 Å². The summed E-state index contributed by atoms with van der Waals surface area (Å²) in [5.74, 6) is 0.940. The monoisotopic (exact) mass is 265 g/mol. The van der Waals surface area contributed by atoms with Gasteiger partial charge in [0.05, 0.1) is 12.1 Å². The first-order chi connectivity index (χ1) is 8.85. The number of nitrogens with one attached hydrogen (secondary N) is 1. The van der Waals surface area contributed by atoms with Crippen molar-refractivity contribution in [3.05, 3.63) is 23.8 Å². The van der Waals surface area contributed by atoms with E-state index in [1.807, 2.05) is 6.07 Å². The molecule has 1 aliphatic heterocycles. The highest BCUT2D eigenvalue weighted by Gasteiger charge is 2.25. The molecule has 0 saturated heterocycles. The minimum Gasteiger partial charge on any atom is -0.508 e. The van der Waals surface area contributed by atoms with Gasteiger partial charge in [0.2, 0.25) is 0 Å². The molecular formula is C15H23NO3. The molecule has 4 heteroatoms. The SMILES string of the molecule is CC(C)(C)CC(O)CNC1COc2cc(O)ccc21. The molecule has 1 aliphatic rings. The molecule has 0 amide bonds. The first-order valence-electron chi connectivity index (χ1n) is 6.72. The lowest BCUT2D eigenvalue weighted by atomic mass is 9.89. The summed E-state index contributed by atoms with van der Waals surface area (Å²) in [6.07, 6.45) is 0.400. The molecule has 1 heterocycles. The zero-order valence-electron chi connectivity index (χ0n) is 11.8. The van der Waals surface area contributed by atoms with Gasteiger partial charge in [-0.3, -0.25) is 0 Å². The fraction of sp³-hybridized carbons (Fsp3) is 0.600. The van der Waals surface area contributed by atoms with Crippen molar-refractivity contribution in [2.24, 2.45) is 5.41 Å². The summed E-state index contributed by atoms with van der Waals surface area (Å²) in [6.45, 7) is 7.44. The van der Waals surface area contributed by atoms with E-state index in [1.165, 1.54) is 0 Å². The average molecular weight is 265 g/mol. The van der Waals surface area contributed by atoms with E-state index in [1.54, 1.807) is 12.1 Å². The fourth-order valence-corrected chi connectivity index (χ4v) is 2.43. The highest BCUT2D eigenvalue weighted by atomic mass is 16.5. The highest BCUT2D eigenvalue weighted by Crippen LogP contribution is 2.34. The van der Waals surface area contributed by atoms with Gasteiger partial charge in [-0.1, -0.05) is 20.8 Å². The quantitative estimate of drug-likeness (QED) is 0.781. The van der Waals surface area contributed by atoms with Crippen molar-refractivity contribution in [3.8, 4) is 11.5 Å². The summed E-state index contributed by atoms with van der Waals surface area (Å²) in [5.41, 5.74) is 1.16. The van der Waals surface area contributed by atoms with Crippen molar-refractivity contribution in [2.45, 2.75) is 39.3 Å². The molecule has 106 valence electrons. The first kappa shape index (κ1) is 14.2. The molecule has 2 rings (SSSR count). The zero-order chi connectivity index (χ0) is 14.0. The van der Waals surface area contributed by atoms with Crippen LogP contribution < -0.4 is 10.1 Å². The second kappa shape index (κ2) is 5.39. The third-order valence-electron chi connectivity index (χ3n) is 3.23. The van der Waals surface area contributed by atoms with Crippen LogP contribution in [0.3, 0.4) is 0 Å². The maximum atomic E-state index is 9.99. The molecule has 3 N–H and O–H groups in total. The molecule has 0 radical (unpaired) electrons. The van der Waals surface area contributed by atoms with Crippen LogP contribution in [0.25, 0.3) is 0 Å². The lowest BCUT2D eigenvalue weighted by Crippen LogP contribution is -2.33. The summed E-state index contributed by atoms with van der Waals surface area (Å²) < 4.78 is 5.52. The van der Waals surface area contributed by atoms with Gasteiger partial charge in [0.1, 0.15) is 18.1 Å². The van der Waals surface area contributed by atoms with Gasteiger partial charge in [-0.05, 0) is 24.0 Å².